The third kappa shape index (κ3) is 6.40. The Kier molecular flexibility index (Phi) is 9.66. The van der Waals surface area contributed by atoms with Crippen LogP contribution in [0.15, 0.2) is 30.3 Å². The summed E-state index contributed by atoms with van der Waals surface area (Å²) in [5, 5.41) is -1.12. The highest BCUT2D eigenvalue weighted by Gasteiger charge is 2.78. The molecule has 48 heavy (non-hydrogen) atoms. The Morgan fingerprint density at radius 3 is 1.15 bits per heavy atom. The summed E-state index contributed by atoms with van der Waals surface area (Å²) in [6.07, 6.45) is 0.409. The van der Waals surface area contributed by atoms with Crippen molar-refractivity contribution in [3.63, 3.8) is 0 Å². The molecular formula is C35H60B4O9. The monoisotopic (exact) mass is 668 g/mol. The van der Waals surface area contributed by atoms with Crippen molar-refractivity contribution < 1.29 is 42.0 Å². The highest BCUT2D eigenvalue weighted by Crippen LogP contribution is 2.63. The first kappa shape index (κ1) is 38.4. The van der Waals surface area contributed by atoms with Crippen LogP contribution in [0, 0.1) is 0 Å². The van der Waals surface area contributed by atoms with Crippen LogP contribution in [-0.4, -0.2) is 79.9 Å². The maximum Gasteiger partial charge on any atom is 0.461 e. The van der Waals surface area contributed by atoms with Crippen LogP contribution in [0.1, 0.15) is 123 Å². The van der Waals surface area contributed by atoms with Crippen LogP contribution in [0.5, 0.6) is 0 Å². The lowest BCUT2D eigenvalue weighted by Gasteiger charge is -2.44. The van der Waals surface area contributed by atoms with Gasteiger partial charge in [0.25, 0.3) is 0 Å². The average Bonchev–Trinajstić information content (AvgIpc) is 3.46. The first-order chi connectivity index (χ1) is 21.7. The maximum absolute atomic E-state index is 7.04. The Balaban J connectivity index is 1.70. The molecule has 0 unspecified atom stereocenters. The molecule has 4 aliphatic rings. The average molecular weight is 668 g/mol. The van der Waals surface area contributed by atoms with Gasteiger partial charge >= 0.3 is 28.5 Å². The van der Waals surface area contributed by atoms with Gasteiger partial charge in [-0.3, -0.25) is 0 Å². The Morgan fingerprint density at radius 1 is 0.500 bits per heavy atom. The van der Waals surface area contributed by atoms with Crippen LogP contribution < -0.4 is 0 Å². The van der Waals surface area contributed by atoms with Crippen LogP contribution >= 0.6 is 0 Å². The van der Waals surface area contributed by atoms with E-state index in [1.807, 2.05) is 18.2 Å². The number of hydrogen-bond donors (Lipinski definition) is 0. The molecule has 0 atom stereocenters. The van der Waals surface area contributed by atoms with Crippen molar-refractivity contribution in [2.75, 3.05) is 6.61 Å². The first-order valence-electron chi connectivity index (χ1n) is 17.7. The molecule has 4 aliphatic heterocycles. The lowest BCUT2D eigenvalue weighted by molar-refractivity contribution is 0.00578. The minimum atomic E-state index is -1.12. The fraction of sp³-hybridized carbons (Fsp3) is 0.829. The molecule has 0 saturated carbocycles. The van der Waals surface area contributed by atoms with E-state index in [1.54, 1.807) is 0 Å². The van der Waals surface area contributed by atoms with E-state index in [4.69, 9.17) is 42.0 Å². The summed E-state index contributed by atoms with van der Waals surface area (Å²) in [5.41, 5.74) is -4.75. The molecule has 0 aliphatic carbocycles. The largest absolute Gasteiger partial charge is 0.461 e. The first-order valence-corrected chi connectivity index (χ1v) is 17.7. The van der Waals surface area contributed by atoms with Crippen LogP contribution in [0.2, 0.25) is 10.9 Å². The Morgan fingerprint density at radius 2 is 0.812 bits per heavy atom. The molecule has 0 amide bonds. The quantitative estimate of drug-likeness (QED) is 0.191. The summed E-state index contributed by atoms with van der Waals surface area (Å²) < 4.78 is 62.4. The molecule has 9 nitrogen and oxygen atoms in total. The molecule has 4 fully saturated rings. The molecule has 0 N–H and O–H groups in total. The molecule has 4 heterocycles. The minimum Gasteiger partial charge on any atom is -0.403 e. The Hall–Kier alpha value is -0.880. The number of ether oxygens (including phenoxy) is 1. The summed E-state index contributed by atoms with van der Waals surface area (Å²) >= 11 is 0. The van der Waals surface area contributed by atoms with E-state index in [1.165, 1.54) is 0 Å². The lowest BCUT2D eigenvalue weighted by atomic mass is 9.22. The van der Waals surface area contributed by atoms with Gasteiger partial charge in [0.1, 0.15) is 0 Å². The van der Waals surface area contributed by atoms with E-state index >= 15 is 0 Å². The Labute approximate surface area is 292 Å². The van der Waals surface area contributed by atoms with Crippen molar-refractivity contribution >= 4 is 28.5 Å². The molecule has 13 heteroatoms. The number of rotatable bonds is 10. The molecule has 0 bridgehead atoms. The third-order valence-corrected chi connectivity index (χ3v) is 12.9. The summed E-state index contributed by atoms with van der Waals surface area (Å²) in [7, 11) is -3.25. The van der Waals surface area contributed by atoms with Crippen LogP contribution in [0.25, 0.3) is 0 Å². The molecule has 4 saturated heterocycles. The van der Waals surface area contributed by atoms with Gasteiger partial charge in [-0.25, -0.2) is 0 Å². The molecule has 0 radical (unpaired) electrons. The normalized spacial score (nSPS) is 27.8. The molecular weight excluding hydrogens is 608 g/mol. The van der Waals surface area contributed by atoms with Crippen molar-refractivity contribution in [3.05, 3.63) is 35.9 Å². The van der Waals surface area contributed by atoms with Gasteiger partial charge in [-0.2, -0.15) is 0 Å². The second-order valence-corrected chi connectivity index (χ2v) is 18.4. The fourth-order valence-corrected chi connectivity index (χ4v) is 6.67. The van der Waals surface area contributed by atoms with Crippen molar-refractivity contribution in [2.45, 2.75) is 180 Å². The van der Waals surface area contributed by atoms with E-state index in [0.717, 1.165) is 5.56 Å². The van der Waals surface area contributed by atoms with Crippen LogP contribution in [0.3, 0.4) is 0 Å². The van der Waals surface area contributed by atoms with Gasteiger partial charge in [0.05, 0.1) is 51.4 Å². The zero-order valence-electron chi connectivity index (χ0n) is 32.6. The van der Waals surface area contributed by atoms with E-state index in [-0.39, 0.29) is 0 Å². The van der Waals surface area contributed by atoms with Gasteiger partial charge in [0, 0.05) is 17.5 Å². The second kappa shape index (κ2) is 12.1. The molecule has 5 rings (SSSR count). The summed E-state index contributed by atoms with van der Waals surface area (Å²) in [4.78, 5) is 0. The summed E-state index contributed by atoms with van der Waals surface area (Å²) in [6.45, 7) is 33.8. The minimum absolute atomic E-state index is 0.346. The number of hydrogen-bond acceptors (Lipinski definition) is 9. The van der Waals surface area contributed by atoms with Gasteiger partial charge in [-0.05, 0) is 123 Å². The van der Waals surface area contributed by atoms with Gasteiger partial charge in [0.2, 0.25) is 0 Å². The van der Waals surface area contributed by atoms with E-state index in [0.29, 0.717) is 19.6 Å². The zero-order chi connectivity index (χ0) is 36.0. The van der Waals surface area contributed by atoms with Gasteiger partial charge in [0.15, 0.2) is 0 Å². The number of benzene rings is 1. The van der Waals surface area contributed by atoms with E-state index in [9.17, 15) is 0 Å². The topological polar surface area (TPSA) is 83.1 Å². The fourth-order valence-electron chi connectivity index (χ4n) is 6.67. The standard InChI is InChI=1S/C35H60B4O9/c1-27(2)28(3,4)42-36(41-27)26(37-43-29(5,6)30(7,8)44-37)35(38-45-31(9,10)32(11,12)46-38,39-47-33(13,14)34(15,16)48-39)22-23-40-24-25-20-18-17-19-21-25/h17-21,26H,22-24H2,1-16H3. The van der Waals surface area contributed by atoms with Crippen molar-refractivity contribution in [3.8, 4) is 0 Å². The SMILES string of the molecule is CC1(C)OB(C(B2OC(C)(C)C(C)(C)O2)C(CCOCc2ccccc2)(B2OC(C)(C)C(C)(C)O2)B2OC(C)(C)C(C)(C)O2)OC1(C)C. The lowest BCUT2D eigenvalue weighted by Crippen LogP contribution is -2.59. The summed E-state index contributed by atoms with van der Waals surface area (Å²) in [5.74, 6) is 0. The van der Waals surface area contributed by atoms with Crippen molar-refractivity contribution in [2.24, 2.45) is 0 Å². The summed E-state index contributed by atoms with van der Waals surface area (Å²) in [6, 6.07) is 10.2. The predicted octanol–water partition coefficient (Wildman–Crippen LogP) is 7.15. The van der Waals surface area contributed by atoms with Gasteiger partial charge < -0.3 is 42.0 Å². The second-order valence-electron chi connectivity index (χ2n) is 18.4. The van der Waals surface area contributed by atoms with Crippen molar-refractivity contribution in [1.29, 1.82) is 0 Å². The van der Waals surface area contributed by atoms with E-state index in [2.05, 4.69) is 123 Å². The third-order valence-electron chi connectivity index (χ3n) is 12.9. The predicted molar refractivity (Wildman–Crippen MR) is 191 cm³/mol. The smallest absolute Gasteiger partial charge is 0.403 e. The maximum atomic E-state index is 7.04. The molecule has 266 valence electrons. The van der Waals surface area contributed by atoms with Crippen LogP contribution in [-0.2, 0) is 48.6 Å². The van der Waals surface area contributed by atoms with Crippen molar-refractivity contribution in [1.82, 2.24) is 0 Å². The Bertz CT molecular complexity index is 1180. The molecule has 0 spiro atoms. The van der Waals surface area contributed by atoms with E-state index < -0.39 is 84.2 Å². The van der Waals surface area contributed by atoms with Gasteiger partial charge in [-0.1, -0.05) is 30.3 Å². The zero-order valence-corrected chi connectivity index (χ0v) is 32.6. The highest BCUT2D eigenvalue weighted by molar-refractivity contribution is 6.81. The van der Waals surface area contributed by atoms with Gasteiger partial charge in [-0.15, -0.1) is 0 Å². The molecule has 0 aromatic heterocycles. The molecule has 1 aromatic carbocycles. The molecule has 1 aromatic rings. The van der Waals surface area contributed by atoms with Crippen LogP contribution in [0.4, 0.5) is 0 Å². The highest BCUT2D eigenvalue weighted by atomic mass is 16.7.